The number of nitrogens with two attached hydrogens (primary N) is 1. The monoisotopic (exact) mass is 384 g/mol. The number of carbonyl (C=O) groups is 2. The Hall–Kier alpha value is -3.91. The van der Waals surface area contributed by atoms with Crippen molar-refractivity contribution in [2.24, 2.45) is 0 Å². The minimum Gasteiger partial charge on any atom is -0.457 e. The SMILES string of the molecule is N#Cc1ccc(CC(=O)CC(=O)Cc2ccc(Oc3ccccc3)cc2)c(N)c1. The number of ether oxygens (including phenoxy) is 1. The van der Waals surface area contributed by atoms with Gasteiger partial charge in [0.05, 0.1) is 18.1 Å². The molecule has 0 aliphatic rings. The maximum absolute atomic E-state index is 12.2. The molecule has 0 heterocycles. The number of para-hydroxylation sites is 1. The van der Waals surface area contributed by atoms with E-state index >= 15 is 0 Å². The lowest BCUT2D eigenvalue weighted by Gasteiger charge is -2.07. The largest absolute Gasteiger partial charge is 0.457 e. The van der Waals surface area contributed by atoms with Crippen LogP contribution in [0.2, 0.25) is 0 Å². The Bertz CT molecular complexity index is 1050. The summed E-state index contributed by atoms with van der Waals surface area (Å²) in [5, 5.41) is 8.86. The zero-order valence-electron chi connectivity index (χ0n) is 15.8. The third-order valence-electron chi connectivity index (χ3n) is 4.36. The Morgan fingerprint density at radius 3 is 2.17 bits per heavy atom. The highest BCUT2D eigenvalue weighted by molar-refractivity contribution is 6.01. The first-order chi connectivity index (χ1) is 14.0. The summed E-state index contributed by atoms with van der Waals surface area (Å²) in [6, 6.07) is 23.5. The first-order valence-electron chi connectivity index (χ1n) is 9.17. The van der Waals surface area contributed by atoms with Crippen LogP contribution in [-0.4, -0.2) is 11.6 Å². The van der Waals surface area contributed by atoms with Gasteiger partial charge in [0.1, 0.15) is 23.1 Å². The Labute approximate surface area is 169 Å². The van der Waals surface area contributed by atoms with Gasteiger partial charge in [-0.3, -0.25) is 9.59 Å². The second-order valence-corrected chi connectivity index (χ2v) is 6.69. The number of nitrogens with zero attached hydrogens (tertiary/aromatic N) is 1. The van der Waals surface area contributed by atoms with Gasteiger partial charge in [-0.1, -0.05) is 36.4 Å². The van der Waals surface area contributed by atoms with E-state index in [4.69, 9.17) is 15.7 Å². The minimum atomic E-state index is -0.199. The van der Waals surface area contributed by atoms with E-state index < -0.39 is 0 Å². The average Bonchev–Trinajstić information content (AvgIpc) is 2.71. The molecule has 0 aliphatic heterocycles. The number of nitriles is 1. The Kier molecular flexibility index (Phi) is 6.39. The Morgan fingerprint density at radius 2 is 1.52 bits per heavy atom. The normalized spacial score (nSPS) is 10.2. The number of nitrogen functional groups attached to an aromatic ring is 1. The summed E-state index contributed by atoms with van der Waals surface area (Å²) in [5.74, 6) is 1.07. The molecule has 5 heteroatoms. The molecule has 5 nitrogen and oxygen atoms in total. The predicted octanol–water partition coefficient (Wildman–Crippen LogP) is 4.25. The molecular formula is C24H20N2O3. The molecule has 29 heavy (non-hydrogen) atoms. The maximum Gasteiger partial charge on any atom is 0.144 e. The van der Waals surface area contributed by atoms with E-state index in [1.54, 1.807) is 24.3 Å². The van der Waals surface area contributed by atoms with Crippen LogP contribution in [0.4, 0.5) is 5.69 Å². The lowest BCUT2D eigenvalue weighted by Crippen LogP contribution is -2.13. The summed E-state index contributed by atoms with van der Waals surface area (Å²) in [6.07, 6.45) is 0.106. The van der Waals surface area contributed by atoms with Crippen LogP contribution in [0.1, 0.15) is 23.1 Å². The number of ketones is 2. The van der Waals surface area contributed by atoms with Gasteiger partial charge in [-0.15, -0.1) is 0 Å². The van der Waals surface area contributed by atoms with Crippen molar-refractivity contribution >= 4 is 17.3 Å². The van der Waals surface area contributed by atoms with Gasteiger partial charge in [0, 0.05) is 18.5 Å². The van der Waals surface area contributed by atoms with E-state index in [1.165, 1.54) is 6.07 Å². The molecule has 0 aliphatic carbocycles. The van der Waals surface area contributed by atoms with Gasteiger partial charge in [0.2, 0.25) is 0 Å². The van der Waals surface area contributed by atoms with Crippen molar-refractivity contribution in [3.63, 3.8) is 0 Å². The van der Waals surface area contributed by atoms with E-state index in [0.717, 1.165) is 11.3 Å². The van der Waals surface area contributed by atoms with E-state index in [1.807, 2.05) is 48.5 Å². The van der Waals surface area contributed by atoms with Gasteiger partial charge >= 0.3 is 0 Å². The van der Waals surface area contributed by atoms with Crippen molar-refractivity contribution in [2.45, 2.75) is 19.3 Å². The van der Waals surface area contributed by atoms with Crippen LogP contribution < -0.4 is 10.5 Å². The van der Waals surface area contributed by atoms with Gasteiger partial charge in [-0.25, -0.2) is 0 Å². The van der Waals surface area contributed by atoms with Crippen molar-refractivity contribution in [1.82, 2.24) is 0 Å². The third kappa shape index (κ3) is 5.78. The number of hydrogen-bond donors (Lipinski definition) is 1. The molecule has 2 N–H and O–H groups in total. The molecule has 0 bridgehead atoms. The molecule has 3 aromatic carbocycles. The summed E-state index contributed by atoms with van der Waals surface area (Å²) >= 11 is 0. The summed E-state index contributed by atoms with van der Waals surface area (Å²) in [7, 11) is 0. The zero-order valence-corrected chi connectivity index (χ0v) is 15.8. The number of Topliss-reactive ketones (excluding diaryl/α,β-unsaturated/α-hetero) is 2. The fraction of sp³-hybridized carbons (Fsp3) is 0.125. The van der Waals surface area contributed by atoms with E-state index in [2.05, 4.69) is 0 Å². The van der Waals surface area contributed by atoms with Crippen LogP contribution >= 0.6 is 0 Å². The molecule has 0 spiro atoms. The van der Waals surface area contributed by atoms with Gasteiger partial charge in [0.25, 0.3) is 0 Å². The molecule has 0 radical (unpaired) electrons. The molecule has 0 amide bonds. The lowest BCUT2D eigenvalue weighted by atomic mass is 9.99. The summed E-state index contributed by atoms with van der Waals surface area (Å²) < 4.78 is 5.73. The van der Waals surface area contributed by atoms with Gasteiger partial charge in [-0.2, -0.15) is 5.26 Å². The third-order valence-corrected chi connectivity index (χ3v) is 4.36. The molecule has 0 aromatic heterocycles. The number of anilines is 1. The van der Waals surface area contributed by atoms with Crippen molar-refractivity contribution in [1.29, 1.82) is 5.26 Å². The molecule has 0 unspecified atom stereocenters. The van der Waals surface area contributed by atoms with Crippen molar-refractivity contribution in [3.05, 3.63) is 89.5 Å². The number of hydrogen-bond acceptors (Lipinski definition) is 5. The van der Waals surface area contributed by atoms with Crippen LogP contribution in [0.15, 0.2) is 72.8 Å². The number of carbonyl (C=O) groups excluding carboxylic acids is 2. The smallest absolute Gasteiger partial charge is 0.144 e. The molecule has 3 aromatic rings. The van der Waals surface area contributed by atoms with Crippen molar-refractivity contribution in [3.8, 4) is 17.6 Å². The van der Waals surface area contributed by atoms with E-state index in [-0.39, 0.29) is 30.8 Å². The fourth-order valence-electron chi connectivity index (χ4n) is 2.91. The zero-order chi connectivity index (χ0) is 20.6. The minimum absolute atomic E-state index is 0.0765. The second-order valence-electron chi connectivity index (χ2n) is 6.69. The topological polar surface area (TPSA) is 93.2 Å². The predicted molar refractivity (Wildman–Crippen MR) is 111 cm³/mol. The van der Waals surface area contributed by atoms with Crippen LogP contribution in [0, 0.1) is 11.3 Å². The summed E-state index contributed by atoms with van der Waals surface area (Å²) in [5.41, 5.74) is 8.15. The highest BCUT2D eigenvalue weighted by Crippen LogP contribution is 2.21. The average molecular weight is 384 g/mol. The van der Waals surface area contributed by atoms with E-state index in [9.17, 15) is 9.59 Å². The van der Waals surface area contributed by atoms with Crippen LogP contribution in [0.5, 0.6) is 11.5 Å². The van der Waals surface area contributed by atoms with E-state index in [0.29, 0.717) is 22.6 Å². The van der Waals surface area contributed by atoms with Gasteiger partial charge < -0.3 is 10.5 Å². The Morgan fingerprint density at radius 1 is 0.862 bits per heavy atom. The number of benzene rings is 3. The molecule has 0 fully saturated rings. The molecule has 3 rings (SSSR count). The fourth-order valence-corrected chi connectivity index (χ4v) is 2.91. The molecule has 144 valence electrons. The van der Waals surface area contributed by atoms with Gasteiger partial charge in [0.15, 0.2) is 0 Å². The first-order valence-corrected chi connectivity index (χ1v) is 9.17. The molecular weight excluding hydrogens is 364 g/mol. The molecule has 0 saturated carbocycles. The van der Waals surface area contributed by atoms with Crippen molar-refractivity contribution in [2.75, 3.05) is 5.73 Å². The first kappa shape index (κ1) is 19.8. The quantitative estimate of drug-likeness (QED) is 0.463. The molecule has 0 saturated heterocycles. The summed E-state index contributed by atoms with van der Waals surface area (Å²) in [6.45, 7) is 0. The highest BCUT2D eigenvalue weighted by Gasteiger charge is 2.13. The van der Waals surface area contributed by atoms with Crippen LogP contribution in [0.25, 0.3) is 0 Å². The van der Waals surface area contributed by atoms with Crippen molar-refractivity contribution < 1.29 is 14.3 Å². The number of rotatable bonds is 8. The van der Waals surface area contributed by atoms with Crippen LogP contribution in [-0.2, 0) is 22.4 Å². The Balaban J connectivity index is 1.52. The van der Waals surface area contributed by atoms with Gasteiger partial charge in [-0.05, 0) is 47.5 Å². The highest BCUT2D eigenvalue weighted by atomic mass is 16.5. The molecule has 0 atom stereocenters. The van der Waals surface area contributed by atoms with Crippen LogP contribution in [0.3, 0.4) is 0 Å². The standard InChI is InChI=1S/C24H20N2O3/c25-16-18-6-9-19(24(26)13-18)14-21(28)15-20(27)12-17-7-10-23(11-8-17)29-22-4-2-1-3-5-22/h1-11,13H,12,14-15,26H2. The maximum atomic E-state index is 12.2. The second kappa shape index (κ2) is 9.34. The summed E-state index contributed by atoms with van der Waals surface area (Å²) in [4.78, 5) is 24.5. The lowest BCUT2D eigenvalue weighted by molar-refractivity contribution is -0.126.